The molecule has 1 aromatic carbocycles. The van der Waals surface area contributed by atoms with Crippen molar-refractivity contribution in [2.24, 2.45) is 0 Å². The van der Waals surface area contributed by atoms with E-state index in [1.54, 1.807) is 35.4 Å². The summed E-state index contributed by atoms with van der Waals surface area (Å²) in [5, 5.41) is 6.88. The van der Waals surface area contributed by atoms with Gasteiger partial charge in [0.1, 0.15) is 5.69 Å². The van der Waals surface area contributed by atoms with E-state index < -0.39 is 11.6 Å². The van der Waals surface area contributed by atoms with Gasteiger partial charge in [-0.15, -0.1) is 0 Å². The molecule has 0 spiro atoms. The lowest BCUT2D eigenvalue weighted by atomic mass is 10.1. The number of hydrogen-bond donors (Lipinski definition) is 1. The summed E-state index contributed by atoms with van der Waals surface area (Å²) in [5.74, 6) is -1.20. The van der Waals surface area contributed by atoms with Crippen molar-refractivity contribution in [3.8, 4) is 11.5 Å². The van der Waals surface area contributed by atoms with Crippen LogP contribution in [0.2, 0.25) is 0 Å². The van der Waals surface area contributed by atoms with Crippen LogP contribution in [0.3, 0.4) is 0 Å². The van der Waals surface area contributed by atoms with Crippen molar-refractivity contribution in [3.63, 3.8) is 0 Å². The maximum absolute atomic E-state index is 13.8. The molecule has 1 amide bonds. The lowest BCUT2D eigenvalue weighted by Gasteiger charge is -2.34. The van der Waals surface area contributed by atoms with E-state index in [0.29, 0.717) is 55.4 Å². The highest BCUT2D eigenvalue weighted by Gasteiger charge is 2.25. The topological polar surface area (TPSA) is 65.4 Å². The third-order valence-electron chi connectivity index (χ3n) is 4.67. The normalized spacial score (nSPS) is 15.3. The second-order valence-corrected chi connectivity index (χ2v) is 6.43. The maximum atomic E-state index is 13.8. The Hall–Kier alpha value is -3.00. The number of carbonyl (C=O) groups is 1. The van der Waals surface area contributed by atoms with Gasteiger partial charge in [-0.3, -0.25) is 14.8 Å². The monoisotopic (exact) mass is 372 g/mol. The minimum Gasteiger partial charge on any atom is -0.463 e. The molecule has 3 aromatic rings. The van der Waals surface area contributed by atoms with Gasteiger partial charge in [-0.2, -0.15) is 5.10 Å². The molecule has 8 heteroatoms. The summed E-state index contributed by atoms with van der Waals surface area (Å²) in [6.07, 6.45) is 1.55. The molecular formula is C19H18F2N4O2. The van der Waals surface area contributed by atoms with Crippen LogP contribution in [0.25, 0.3) is 11.5 Å². The second kappa shape index (κ2) is 7.32. The Morgan fingerprint density at radius 2 is 1.96 bits per heavy atom. The van der Waals surface area contributed by atoms with E-state index in [-0.39, 0.29) is 5.91 Å². The van der Waals surface area contributed by atoms with Gasteiger partial charge < -0.3 is 9.32 Å². The van der Waals surface area contributed by atoms with Crippen LogP contribution in [-0.2, 0) is 6.54 Å². The summed E-state index contributed by atoms with van der Waals surface area (Å²) < 4.78 is 32.4. The average molecular weight is 372 g/mol. The van der Waals surface area contributed by atoms with E-state index in [1.807, 2.05) is 4.90 Å². The molecule has 0 bridgehead atoms. The fraction of sp³-hybridized carbons (Fsp3) is 0.263. The van der Waals surface area contributed by atoms with Crippen molar-refractivity contribution in [2.75, 3.05) is 26.2 Å². The van der Waals surface area contributed by atoms with Gasteiger partial charge in [0.15, 0.2) is 23.1 Å². The number of carbonyl (C=O) groups excluding carboxylic acids is 1. The first-order chi connectivity index (χ1) is 13.1. The molecule has 1 aliphatic heterocycles. The fourth-order valence-corrected chi connectivity index (χ4v) is 3.17. The fourth-order valence-electron chi connectivity index (χ4n) is 3.17. The summed E-state index contributed by atoms with van der Waals surface area (Å²) in [4.78, 5) is 16.3. The number of aromatic nitrogens is 2. The lowest BCUT2D eigenvalue weighted by Crippen LogP contribution is -2.48. The highest BCUT2D eigenvalue weighted by atomic mass is 19.2. The van der Waals surface area contributed by atoms with Gasteiger partial charge in [-0.1, -0.05) is 12.1 Å². The summed E-state index contributed by atoms with van der Waals surface area (Å²) in [6.45, 7) is 2.47. The second-order valence-electron chi connectivity index (χ2n) is 6.43. The van der Waals surface area contributed by atoms with Crippen LogP contribution in [0.15, 0.2) is 47.1 Å². The number of piperazine rings is 1. The molecule has 0 atom stereocenters. The summed E-state index contributed by atoms with van der Waals surface area (Å²) in [7, 11) is 0. The molecule has 27 heavy (non-hydrogen) atoms. The van der Waals surface area contributed by atoms with Gasteiger partial charge in [0, 0.05) is 44.4 Å². The third kappa shape index (κ3) is 3.61. The van der Waals surface area contributed by atoms with Crippen LogP contribution in [-0.4, -0.2) is 52.1 Å². The van der Waals surface area contributed by atoms with E-state index in [1.165, 1.54) is 6.07 Å². The Kier molecular flexibility index (Phi) is 4.72. The first-order valence-electron chi connectivity index (χ1n) is 8.65. The number of rotatable bonds is 4. The highest BCUT2D eigenvalue weighted by molar-refractivity contribution is 5.93. The number of H-pyrrole nitrogens is 1. The van der Waals surface area contributed by atoms with Gasteiger partial charge in [0.2, 0.25) is 0 Å². The molecule has 3 heterocycles. The molecule has 6 nitrogen and oxygen atoms in total. The molecule has 0 saturated carbocycles. The lowest BCUT2D eigenvalue weighted by molar-refractivity contribution is 0.0621. The largest absolute Gasteiger partial charge is 0.463 e. The smallest absolute Gasteiger partial charge is 0.274 e. The van der Waals surface area contributed by atoms with Crippen LogP contribution in [0, 0.1) is 11.6 Å². The molecule has 0 aliphatic carbocycles. The Morgan fingerprint density at radius 3 is 2.70 bits per heavy atom. The Labute approximate surface area is 154 Å². The van der Waals surface area contributed by atoms with Crippen LogP contribution in [0.5, 0.6) is 0 Å². The van der Waals surface area contributed by atoms with Crippen LogP contribution < -0.4 is 0 Å². The van der Waals surface area contributed by atoms with Crippen LogP contribution in [0.1, 0.15) is 16.1 Å². The summed E-state index contributed by atoms with van der Waals surface area (Å²) in [5.41, 5.74) is 1.29. The molecular weight excluding hydrogens is 354 g/mol. The molecule has 1 aliphatic rings. The minimum absolute atomic E-state index is 0.166. The molecule has 1 N–H and O–H groups in total. The van der Waals surface area contributed by atoms with Crippen molar-refractivity contribution in [2.45, 2.75) is 6.54 Å². The average Bonchev–Trinajstić information content (AvgIpc) is 3.37. The van der Waals surface area contributed by atoms with E-state index in [2.05, 4.69) is 10.2 Å². The van der Waals surface area contributed by atoms with Crippen molar-refractivity contribution in [1.82, 2.24) is 20.0 Å². The van der Waals surface area contributed by atoms with Crippen molar-refractivity contribution < 1.29 is 18.0 Å². The molecule has 2 aromatic heterocycles. The Bertz CT molecular complexity index is 931. The van der Waals surface area contributed by atoms with Gasteiger partial charge >= 0.3 is 0 Å². The van der Waals surface area contributed by atoms with Gasteiger partial charge in [-0.05, 0) is 18.2 Å². The molecule has 140 valence electrons. The number of amides is 1. The highest BCUT2D eigenvalue weighted by Crippen LogP contribution is 2.19. The molecule has 0 unspecified atom stereocenters. The first-order valence-corrected chi connectivity index (χ1v) is 8.65. The number of aromatic amines is 1. The minimum atomic E-state index is -0.841. The summed E-state index contributed by atoms with van der Waals surface area (Å²) >= 11 is 0. The van der Waals surface area contributed by atoms with Gasteiger partial charge in [0.25, 0.3) is 5.91 Å². The number of nitrogens with zero attached hydrogens (tertiary/aromatic N) is 3. The van der Waals surface area contributed by atoms with E-state index >= 15 is 0 Å². The predicted molar refractivity (Wildman–Crippen MR) is 93.8 cm³/mol. The zero-order chi connectivity index (χ0) is 18.8. The molecule has 4 rings (SSSR count). The quantitative estimate of drug-likeness (QED) is 0.765. The van der Waals surface area contributed by atoms with Crippen LogP contribution >= 0.6 is 0 Å². The maximum Gasteiger partial charge on any atom is 0.274 e. The first kappa shape index (κ1) is 17.4. The number of hydrogen-bond acceptors (Lipinski definition) is 4. The number of benzene rings is 1. The van der Waals surface area contributed by atoms with E-state index in [9.17, 15) is 13.6 Å². The molecule has 0 radical (unpaired) electrons. The SMILES string of the molecule is O=C(c1cc(-c2ccco2)[nH]n1)N1CCN(Cc2cccc(F)c2F)CC1. The number of furan rings is 1. The summed E-state index contributed by atoms with van der Waals surface area (Å²) in [6, 6.07) is 9.40. The Balaban J connectivity index is 1.36. The molecule has 1 saturated heterocycles. The number of nitrogens with one attached hydrogen (secondary N) is 1. The number of halogens is 2. The van der Waals surface area contributed by atoms with E-state index in [0.717, 1.165) is 6.07 Å². The van der Waals surface area contributed by atoms with Gasteiger partial charge in [-0.25, -0.2) is 8.78 Å². The van der Waals surface area contributed by atoms with Crippen molar-refractivity contribution >= 4 is 5.91 Å². The third-order valence-corrected chi connectivity index (χ3v) is 4.67. The van der Waals surface area contributed by atoms with Gasteiger partial charge in [0.05, 0.1) is 6.26 Å². The van der Waals surface area contributed by atoms with E-state index in [4.69, 9.17) is 4.42 Å². The predicted octanol–water partition coefficient (Wildman–Crippen LogP) is 2.91. The Morgan fingerprint density at radius 1 is 1.15 bits per heavy atom. The molecule has 1 fully saturated rings. The zero-order valence-corrected chi connectivity index (χ0v) is 14.5. The van der Waals surface area contributed by atoms with Crippen molar-refractivity contribution in [1.29, 1.82) is 0 Å². The van der Waals surface area contributed by atoms with Crippen molar-refractivity contribution in [3.05, 3.63) is 65.6 Å². The zero-order valence-electron chi connectivity index (χ0n) is 14.5. The van der Waals surface area contributed by atoms with Crippen LogP contribution in [0.4, 0.5) is 8.78 Å². The standard InChI is InChI=1S/C19H18F2N4O2/c20-14-4-1-3-13(18(14)21)12-24-6-8-25(9-7-24)19(26)16-11-15(22-23-16)17-5-2-10-27-17/h1-5,10-11H,6-9,12H2,(H,22,23).